The van der Waals surface area contributed by atoms with E-state index in [1.54, 1.807) is 14.2 Å². The van der Waals surface area contributed by atoms with Crippen LogP contribution in [0.5, 0.6) is 5.75 Å². The van der Waals surface area contributed by atoms with Crippen LogP contribution in [0, 0.1) is 0 Å². The third kappa shape index (κ3) is 2.71. The van der Waals surface area contributed by atoms with Gasteiger partial charge in [0.25, 0.3) is 0 Å². The largest absolute Gasteiger partial charge is 0.497 e. The Labute approximate surface area is 87.0 Å². The summed E-state index contributed by atoms with van der Waals surface area (Å²) >= 11 is 3.39. The van der Waals surface area contributed by atoms with Crippen molar-refractivity contribution >= 4 is 15.9 Å². The summed E-state index contributed by atoms with van der Waals surface area (Å²) < 4.78 is 10.4. The van der Waals surface area contributed by atoms with E-state index in [-0.39, 0.29) is 6.10 Å². The van der Waals surface area contributed by atoms with E-state index in [9.17, 15) is 0 Å². The molecular formula is C10H13BrO2. The van der Waals surface area contributed by atoms with Crippen LogP contribution in [-0.4, -0.2) is 19.5 Å². The lowest BCUT2D eigenvalue weighted by molar-refractivity contribution is 0.124. The molecule has 0 heterocycles. The highest BCUT2D eigenvalue weighted by molar-refractivity contribution is 9.09. The van der Waals surface area contributed by atoms with Gasteiger partial charge in [-0.25, -0.2) is 0 Å². The SMILES string of the molecule is COc1cccc(C(CBr)OC)c1. The lowest BCUT2D eigenvalue weighted by Crippen LogP contribution is -2.02. The number of methoxy groups -OCH3 is 2. The van der Waals surface area contributed by atoms with E-state index in [1.165, 1.54) is 0 Å². The topological polar surface area (TPSA) is 18.5 Å². The van der Waals surface area contributed by atoms with Crippen LogP contribution >= 0.6 is 15.9 Å². The zero-order valence-corrected chi connectivity index (χ0v) is 9.37. The molecule has 0 saturated heterocycles. The quantitative estimate of drug-likeness (QED) is 0.759. The normalized spacial score (nSPS) is 12.5. The molecule has 0 aromatic heterocycles. The van der Waals surface area contributed by atoms with Crippen molar-refractivity contribution in [1.29, 1.82) is 0 Å². The molecule has 0 fully saturated rings. The Morgan fingerprint density at radius 3 is 2.69 bits per heavy atom. The monoisotopic (exact) mass is 244 g/mol. The van der Waals surface area contributed by atoms with Crippen LogP contribution < -0.4 is 4.74 Å². The van der Waals surface area contributed by atoms with Crippen molar-refractivity contribution in [2.75, 3.05) is 19.5 Å². The Balaban J connectivity index is 2.86. The first-order valence-electron chi connectivity index (χ1n) is 4.04. The molecule has 0 radical (unpaired) electrons. The number of ether oxygens (including phenoxy) is 2. The van der Waals surface area contributed by atoms with Gasteiger partial charge in [-0.3, -0.25) is 0 Å². The lowest BCUT2D eigenvalue weighted by Gasteiger charge is -2.13. The summed E-state index contributed by atoms with van der Waals surface area (Å²) in [5, 5.41) is 0.788. The first kappa shape index (κ1) is 10.5. The number of halogens is 1. The van der Waals surface area contributed by atoms with Gasteiger partial charge >= 0.3 is 0 Å². The number of alkyl halides is 1. The van der Waals surface area contributed by atoms with Gasteiger partial charge in [0, 0.05) is 12.4 Å². The Morgan fingerprint density at radius 1 is 1.38 bits per heavy atom. The van der Waals surface area contributed by atoms with Crippen molar-refractivity contribution in [2.45, 2.75) is 6.10 Å². The smallest absolute Gasteiger partial charge is 0.119 e. The Morgan fingerprint density at radius 2 is 2.15 bits per heavy atom. The highest BCUT2D eigenvalue weighted by Crippen LogP contribution is 2.22. The lowest BCUT2D eigenvalue weighted by atomic mass is 10.1. The molecule has 1 aromatic carbocycles. The first-order valence-corrected chi connectivity index (χ1v) is 5.16. The maximum absolute atomic E-state index is 5.28. The van der Waals surface area contributed by atoms with Crippen molar-refractivity contribution in [2.24, 2.45) is 0 Å². The molecule has 2 nitrogen and oxygen atoms in total. The van der Waals surface area contributed by atoms with E-state index in [0.29, 0.717) is 0 Å². The van der Waals surface area contributed by atoms with Crippen LogP contribution in [0.4, 0.5) is 0 Å². The predicted molar refractivity (Wildman–Crippen MR) is 56.5 cm³/mol. The maximum Gasteiger partial charge on any atom is 0.119 e. The van der Waals surface area contributed by atoms with Crippen LogP contribution in [0.25, 0.3) is 0 Å². The zero-order valence-electron chi connectivity index (χ0n) is 7.79. The van der Waals surface area contributed by atoms with Crippen molar-refractivity contribution in [1.82, 2.24) is 0 Å². The minimum absolute atomic E-state index is 0.0927. The molecule has 1 aromatic rings. The summed E-state index contributed by atoms with van der Waals surface area (Å²) in [6.45, 7) is 0. The molecule has 0 aliphatic heterocycles. The molecule has 0 N–H and O–H groups in total. The van der Waals surface area contributed by atoms with E-state index in [2.05, 4.69) is 15.9 Å². The van der Waals surface area contributed by atoms with Crippen molar-refractivity contribution < 1.29 is 9.47 Å². The minimum atomic E-state index is 0.0927. The second-order valence-corrected chi connectivity index (χ2v) is 3.30. The predicted octanol–water partition coefficient (Wildman–Crippen LogP) is 2.78. The molecule has 0 saturated carbocycles. The maximum atomic E-state index is 5.28. The average Bonchev–Trinajstić information content (AvgIpc) is 2.20. The fourth-order valence-corrected chi connectivity index (χ4v) is 1.77. The summed E-state index contributed by atoms with van der Waals surface area (Å²) in [5.41, 5.74) is 1.12. The fourth-order valence-electron chi connectivity index (χ4n) is 1.13. The van der Waals surface area contributed by atoms with Crippen LogP contribution in [-0.2, 0) is 4.74 Å². The van der Waals surface area contributed by atoms with Crippen molar-refractivity contribution in [3.05, 3.63) is 29.8 Å². The van der Waals surface area contributed by atoms with Crippen molar-refractivity contribution in [3.63, 3.8) is 0 Å². The summed E-state index contributed by atoms with van der Waals surface area (Å²) in [5.74, 6) is 0.862. The third-order valence-corrected chi connectivity index (χ3v) is 2.48. The van der Waals surface area contributed by atoms with Gasteiger partial charge in [0.1, 0.15) is 5.75 Å². The Kier molecular flexibility index (Phi) is 4.25. The molecule has 0 bridgehead atoms. The second-order valence-electron chi connectivity index (χ2n) is 2.66. The fraction of sp³-hybridized carbons (Fsp3) is 0.400. The van der Waals surface area contributed by atoms with Crippen LogP contribution in [0.2, 0.25) is 0 Å². The van der Waals surface area contributed by atoms with Crippen LogP contribution in [0.3, 0.4) is 0 Å². The second kappa shape index (κ2) is 5.25. The van der Waals surface area contributed by atoms with E-state index >= 15 is 0 Å². The van der Waals surface area contributed by atoms with Gasteiger partial charge in [-0.15, -0.1) is 0 Å². The average molecular weight is 245 g/mol. The van der Waals surface area contributed by atoms with Gasteiger partial charge < -0.3 is 9.47 Å². The summed E-state index contributed by atoms with van der Waals surface area (Å²) in [7, 11) is 3.36. The van der Waals surface area contributed by atoms with Gasteiger partial charge in [-0.05, 0) is 17.7 Å². The van der Waals surface area contributed by atoms with Gasteiger partial charge in [-0.1, -0.05) is 28.1 Å². The van der Waals surface area contributed by atoms with Crippen molar-refractivity contribution in [3.8, 4) is 5.75 Å². The Bertz CT molecular complexity index is 259. The minimum Gasteiger partial charge on any atom is -0.497 e. The van der Waals surface area contributed by atoms with Crippen LogP contribution in [0.1, 0.15) is 11.7 Å². The Hall–Kier alpha value is -0.540. The summed E-state index contributed by atoms with van der Waals surface area (Å²) in [4.78, 5) is 0. The molecule has 1 unspecified atom stereocenters. The highest BCUT2D eigenvalue weighted by atomic mass is 79.9. The molecule has 0 amide bonds. The number of rotatable bonds is 4. The van der Waals surface area contributed by atoms with Gasteiger partial charge in [0.15, 0.2) is 0 Å². The molecule has 72 valence electrons. The third-order valence-electron chi connectivity index (χ3n) is 1.89. The number of hydrogen-bond donors (Lipinski definition) is 0. The zero-order chi connectivity index (χ0) is 9.68. The molecule has 1 rings (SSSR count). The molecular weight excluding hydrogens is 232 g/mol. The molecule has 13 heavy (non-hydrogen) atoms. The highest BCUT2D eigenvalue weighted by Gasteiger charge is 2.08. The van der Waals surface area contributed by atoms with Gasteiger partial charge in [-0.2, -0.15) is 0 Å². The number of benzene rings is 1. The van der Waals surface area contributed by atoms with Gasteiger partial charge in [0.05, 0.1) is 13.2 Å². The molecule has 0 spiro atoms. The molecule has 3 heteroatoms. The van der Waals surface area contributed by atoms with E-state index in [1.807, 2.05) is 24.3 Å². The van der Waals surface area contributed by atoms with E-state index in [4.69, 9.17) is 9.47 Å². The standard InChI is InChI=1S/C10H13BrO2/c1-12-9-5-3-4-8(6-9)10(7-11)13-2/h3-6,10H,7H2,1-2H3. The molecule has 0 aliphatic rings. The van der Waals surface area contributed by atoms with Crippen LogP contribution in [0.15, 0.2) is 24.3 Å². The number of hydrogen-bond acceptors (Lipinski definition) is 2. The van der Waals surface area contributed by atoms with Gasteiger partial charge in [0.2, 0.25) is 0 Å². The molecule has 1 atom stereocenters. The first-order chi connectivity index (χ1) is 6.31. The summed E-state index contributed by atoms with van der Waals surface area (Å²) in [6.07, 6.45) is 0.0927. The molecule has 0 aliphatic carbocycles. The van der Waals surface area contributed by atoms with E-state index < -0.39 is 0 Å². The summed E-state index contributed by atoms with van der Waals surface area (Å²) in [6, 6.07) is 7.89. The van der Waals surface area contributed by atoms with E-state index in [0.717, 1.165) is 16.6 Å².